The second-order valence-electron chi connectivity index (χ2n) is 2.02. The van der Waals surface area contributed by atoms with Gasteiger partial charge in [-0.1, -0.05) is 0 Å². The Morgan fingerprint density at radius 2 is 2.00 bits per heavy atom. The molecule has 0 fully saturated rings. The van der Waals surface area contributed by atoms with Gasteiger partial charge < -0.3 is 5.11 Å². The van der Waals surface area contributed by atoms with Crippen molar-refractivity contribution < 1.29 is 18.3 Å². The topological polar surface area (TPSA) is 20.2 Å². The van der Waals surface area contributed by atoms with Crippen LogP contribution in [0.2, 0.25) is 0 Å². The van der Waals surface area contributed by atoms with Gasteiger partial charge in [0, 0.05) is 6.42 Å². The molecule has 11 heavy (non-hydrogen) atoms. The van der Waals surface area contributed by atoms with Crippen molar-refractivity contribution in [3.05, 3.63) is 0 Å². The number of aliphatic hydroxyl groups is 1. The number of aliphatic hydroxyl groups excluding tert-OH is 1. The SMILES string of the molecule is CC#CCC[C@@H](O)C(F)(F)F. The van der Waals surface area contributed by atoms with Gasteiger partial charge in [0.15, 0.2) is 6.10 Å². The van der Waals surface area contributed by atoms with Gasteiger partial charge in [-0.25, -0.2) is 0 Å². The number of hydrogen-bond donors (Lipinski definition) is 1. The Morgan fingerprint density at radius 1 is 1.45 bits per heavy atom. The van der Waals surface area contributed by atoms with Gasteiger partial charge in [0.25, 0.3) is 0 Å². The molecule has 0 aromatic carbocycles. The van der Waals surface area contributed by atoms with Crippen molar-refractivity contribution in [2.24, 2.45) is 0 Å². The quantitative estimate of drug-likeness (QED) is 0.619. The van der Waals surface area contributed by atoms with Gasteiger partial charge in [-0.3, -0.25) is 0 Å². The van der Waals surface area contributed by atoms with Crippen LogP contribution >= 0.6 is 0 Å². The van der Waals surface area contributed by atoms with Gasteiger partial charge in [-0.05, 0) is 13.3 Å². The highest BCUT2D eigenvalue weighted by Gasteiger charge is 2.37. The molecule has 0 saturated carbocycles. The van der Waals surface area contributed by atoms with Crippen molar-refractivity contribution in [1.82, 2.24) is 0 Å². The van der Waals surface area contributed by atoms with Crippen LogP contribution in [0.25, 0.3) is 0 Å². The molecule has 1 N–H and O–H groups in total. The number of alkyl halides is 3. The second kappa shape index (κ2) is 4.24. The molecule has 0 radical (unpaired) electrons. The Bertz CT molecular complexity index is 163. The highest BCUT2D eigenvalue weighted by atomic mass is 19.4. The molecular weight excluding hydrogens is 157 g/mol. The smallest absolute Gasteiger partial charge is 0.384 e. The van der Waals surface area contributed by atoms with E-state index in [1.807, 2.05) is 0 Å². The predicted octanol–water partition coefficient (Wildman–Crippen LogP) is 1.71. The summed E-state index contributed by atoms with van der Waals surface area (Å²) in [6, 6.07) is 0. The van der Waals surface area contributed by atoms with Crippen LogP contribution < -0.4 is 0 Å². The largest absolute Gasteiger partial charge is 0.414 e. The van der Waals surface area contributed by atoms with E-state index in [0.717, 1.165) is 0 Å². The molecular formula is C7H9F3O. The Kier molecular flexibility index (Phi) is 3.98. The summed E-state index contributed by atoms with van der Waals surface area (Å²) in [7, 11) is 0. The lowest BCUT2D eigenvalue weighted by Crippen LogP contribution is -2.28. The Labute approximate surface area is 63.2 Å². The minimum Gasteiger partial charge on any atom is -0.384 e. The van der Waals surface area contributed by atoms with E-state index in [0.29, 0.717) is 0 Å². The number of hydrogen-bond acceptors (Lipinski definition) is 1. The molecule has 1 atom stereocenters. The van der Waals surface area contributed by atoms with Crippen molar-refractivity contribution in [3.63, 3.8) is 0 Å². The fourth-order valence-electron chi connectivity index (χ4n) is 0.498. The summed E-state index contributed by atoms with van der Waals surface area (Å²) in [6.45, 7) is 1.54. The lowest BCUT2D eigenvalue weighted by atomic mass is 10.2. The fraction of sp³-hybridized carbons (Fsp3) is 0.714. The zero-order chi connectivity index (χ0) is 8.91. The van der Waals surface area contributed by atoms with Crippen molar-refractivity contribution >= 4 is 0 Å². The summed E-state index contributed by atoms with van der Waals surface area (Å²) in [6.07, 6.45) is -7.00. The van der Waals surface area contributed by atoms with Crippen LogP contribution in [0.4, 0.5) is 13.2 Å². The highest BCUT2D eigenvalue weighted by Crippen LogP contribution is 2.22. The molecule has 0 aliphatic carbocycles. The summed E-state index contributed by atoms with van der Waals surface area (Å²) in [4.78, 5) is 0. The highest BCUT2D eigenvalue weighted by molar-refractivity contribution is 4.95. The van der Waals surface area contributed by atoms with Crippen LogP contribution in [-0.2, 0) is 0 Å². The van der Waals surface area contributed by atoms with E-state index in [-0.39, 0.29) is 12.8 Å². The molecule has 1 nitrogen and oxygen atoms in total. The molecule has 4 heteroatoms. The molecule has 0 heterocycles. The van der Waals surface area contributed by atoms with E-state index in [2.05, 4.69) is 11.8 Å². The maximum Gasteiger partial charge on any atom is 0.414 e. The van der Waals surface area contributed by atoms with Gasteiger partial charge >= 0.3 is 6.18 Å². The van der Waals surface area contributed by atoms with Crippen molar-refractivity contribution in [1.29, 1.82) is 0 Å². The first-order valence-corrected chi connectivity index (χ1v) is 3.13. The summed E-state index contributed by atoms with van der Waals surface area (Å²) in [5.74, 6) is 4.89. The van der Waals surface area contributed by atoms with Gasteiger partial charge in [0.1, 0.15) is 0 Å². The summed E-state index contributed by atoms with van der Waals surface area (Å²) in [5, 5.41) is 8.42. The summed E-state index contributed by atoms with van der Waals surface area (Å²) in [5.41, 5.74) is 0. The monoisotopic (exact) mass is 166 g/mol. The van der Waals surface area contributed by atoms with E-state index in [9.17, 15) is 13.2 Å². The van der Waals surface area contributed by atoms with Crippen molar-refractivity contribution in [3.8, 4) is 11.8 Å². The minimum absolute atomic E-state index is 0.0805. The third-order valence-corrected chi connectivity index (χ3v) is 1.10. The lowest BCUT2D eigenvalue weighted by Gasteiger charge is -2.11. The van der Waals surface area contributed by atoms with E-state index >= 15 is 0 Å². The van der Waals surface area contributed by atoms with Crippen molar-refractivity contribution in [2.75, 3.05) is 0 Å². The fourth-order valence-corrected chi connectivity index (χ4v) is 0.498. The van der Waals surface area contributed by atoms with Gasteiger partial charge in [-0.15, -0.1) is 11.8 Å². The normalized spacial score (nSPS) is 13.5. The van der Waals surface area contributed by atoms with Crippen LogP contribution in [0.5, 0.6) is 0 Å². The van der Waals surface area contributed by atoms with Gasteiger partial charge in [0.2, 0.25) is 0 Å². The average Bonchev–Trinajstić information content (AvgIpc) is 1.86. The maximum absolute atomic E-state index is 11.6. The standard InChI is InChI=1S/C7H9F3O/c1-2-3-4-5-6(11)7(8,9)10/h6,11H,4-5H2,1H3/t6-/m1/s1. The third-order valence-electron chi connectivity index (χ3n) is 1.10. The van der Waals surface area contributed by atoms with Gasteiger partial charge in [0.05, 0.1) is 0 Å². The Balaban J connectivity index is 3.67. The number of halogens is 3. The summed E-state index contributed by atoms with van der Waals surface area (Å²) < 4.78 is 34.7. The van der Waals surface area contributed by atoms with E-state index in [4.69, 9.17) is 5.11 Å². The van der Waals surface area contributed by atoms with Crippen LogP contribution in [0.1, 0.15) is 19.8 Å². The van der Waals surface area contributed by atoms with E-state index in [1.165, 1.54) is 0 Å². The molecule has 0 aliphatic rings. The molecule has 0 aromatic rings. The first-order chi connectivity index (χ1) is 4.98. The predicted molar refractivity (Wildman–Crippen MR) is 34.7 cm³/mol. The second-order valence-corrected chi connectivity index (χ2v) is 2.02. The Hall–Kier alpha value is -0.690. The van der Waals surface area contributed by atoms with Crippen LogP contribution in [-0.4, -0.2) is 17.4 Å². The average molecular weight is 166 g/mol. The molecule has 0 amide bonds. The van der Waals surface area contributed by atoms with E-state index < -0.39 is 12.3 Å². The van der Waals surface area contributed by atoms with Crippen molar-refractivity contribution in [2.45, 2.75) is 32.0 Å². The van der Waals surface area contributed by atoms with Crippen LogP contribution in [0.3, 0.4) is 0 Å². The molecule has 0 bridgehead atoms. The first kappa shape index (κ1) is 10.3. The third kappa shape index (κ3) is 4.68. The van der Waals surface area contributed by atoms with E-state index in [1.54, 1.807) is 6.92 Å². The first-order valence-electron chi connectivity index (χ1n) is 3.13. The number of rotatable bonds is 2. The molecule has 0 spiro atoms. The summed E-state index contributed by atoms with van der Waals surface area (Å²) >= 11 is 0. The Morgan fingerprint density at radius 3 is 2.36 bits per heavy atom. The zero-order valence-electron chi connectivity index (χ0n) is 6.07. The van der Waals surface area contributed by atoms with Gasteiger partial charge in [-0.2, -0.15) is 13.2 Å². The van der Waals surface area contributed by atoms with Crippen LogP contribution in [0.15, 0.2) is 0 Å². The minimum atomic E-state index is -4.50. The molecule has 0 saturated heterocycles. The molecule has 0 rings (SSSR count). The molecule has 0 unspecified atom stereocenters. The van der Waals surface area contributed by atoms with Crippen LogP contribution in [0, 0.1) is 11.8 Å². The molecule has 0 aliphatic heterocycles. The molecule has 0 aromatic heterocycles. The maximum atomic E-state index is 11.6. The lowest BCUT2D eigenvalue weighted by molar-refractivity contribution is -0.204. The zero-order valence-corrected chi connectivity index (χ0v) is 6.07. The molecule has 64 valence electrons.